The molecule has 0 amide bonds. The third kappa shape index (κ3) is 3.00. The van der Waals surface area contributed by atoms with Crippen molar-refractivity contribution in [1.82, 2.24) is 24.8 Å². The van der Waals surface area contributed by atoms with Crippen LogP contribution in [-0.2, 0) is 19.5 Å². The van der Waals surface area contributed by atoms with Gasteiger partial charge in [0.2, 0.25) is 0 Å². The molecule has 24 heavy (non-hydrogen) atoms. The molecule has 4 rings (SSSR count). The average molecular weight is 320 g/mol. The number of nitrogens with two attached hydrogens (primary N) is 1. The normalized spacial score (nSPS) is 14.5. The fourth-order valence-electron chi connectivity index (χ4n) is 3.07. The van der Waals surface area contributed by atoms with Crippen molar-refractivity contribution in [3.8, 4) is 11.4 Å². The number of hydrogen-bond donors (Lipinski definition) is 2. The van der Waals surface area contributed by atoms with E-state index in [9.17, 15) is 0 Å². The summed E-state index contributed by atoms with van der Waals surface area (Å²) in [6.45, 7) is 4.71. The topological polar surface area (TPSA) is 83.7 Å². The summed E-state index contributed by atoms with van der Waals surface area (Å²) in [5.41, 5.74) is 11.0. The van der Waals surface area contributed by atoms with E-state index in [1.54, 1.807) is 0 Å². The first-order chi connectivity index (χ1) is 11.7. The Bertz CT molecular complexity index is 852. The minimum Gasteiger partial charge on any atom is -0.399 e. The van der Waals surface area contributed by atoms with Gasteiger partial charge in [-0.05, 0) is 31.2 Å². The number of aromatic nitrogens is 4. The number of imidazole rings is 1. The molecule has 3 N–H and O–H groups in total. The molecule has 6 nitrogen and oxygen atoms in total. The minimum absolute atomic E-state index is 0.751. The molecule has 0 atom stereocenters. The molecular weight excluding hydrogens is 300 g/mol. The number of anilines is 1. The number of aromatic amines is 1. The van der Waals surface area contributed by atoms with E-state index in [4.69, 9.17) is 10.7 Å². The van der Waals surface area contributed by atoms with Crippen molar-refractivity contribution in [3.05, 3.63) is 59.4 Å². The van der Waals surface area contributed by atoms with Gasteiger partial charge in [-0.15, -0.1) is 0 Å². The van der Waals surface area contributed by atoms with Gasteiger partial charge < -0.3 is 10.7 Å². The standard InChI is InChI=1S/C18H20N6/c1-12-20-9-16(22-12)11-24-7-6-17-14(10-24)8-21-18(23-17)13-2-4-15(19)5-3-13/h2-5,8-9H,6-7,10-11,19H2,1H3,(H,20,22). The quantitative estimate of drug-likeness (QED) is 0.724. The maximum atomic E-state index is 5.74. The highest BCUT2D eigenvalue weighted by Crippen LogP contribution is 2.22. The van der Waals surface area contributed by atoms with E-state index >= 15 is 0 Å². The number of rotatable bonds is 3. The first-order valence-electron chi connectivity index (χ1n) is 8.11. The van der Waals surface area contributed by atoms with Crippen molar-refractivity contribution in [1.29, 1.82) is 0 Å². The van der Waals surface area contributed by atoms with Crippen LogP contribution in [0, 0.1) is 6.92 Å². The van der Waals surface area contributed by atoms with Crippen LogP contribution in [0.2, 0.25) is 0 Å². The third-order valence-electron chi connectivity index (χ3n) is 4.33. The molecule has 6 heteroatoms. The van der Waals surface area contributed by atoms with Crippen LogP contribution >= 0.6 is 0 Å². The van der Waals surface area contributed by atoms with Crippen molar-refractivity contribution < 1.29 is 0 Å². The van der Waals surface area contributed by atoms with Crippen molar-refractivity contribution >= 4 is 5.69 Å². The fourth-order valence-corrected chi connectivity index (χ4v) is 3.07. The summed E-state index contributed by atoms with van der Waals surface area (Å²) >= 11 is 0. The van der Waals surface area contributed by atoms with Crippen LogP contribution in [0.3, 0.4) is 0 Å². The van der Waals surface area contributed by atoms with E-state index in [1.807, 2.05) is 43.6 Å². The number of benzene rings is 1. The lowest BCUT2D eigenvalue weighted by molar-refractivity contribution is 0.240. The summed E-state index contributed by atoms with van der Waals surface area (Å²) < 4.78 is 0. The highest BCUT2D eigenvalue weighted by Gasteiger charge is 2.19. The van der Waals surface area contributed by atoms with Gasteiger partial charge in [-0.25, -0.2) is 15.0 Å². The summed E-state index contributed by atoms with van der Waals surface area (Å²) in [6.07, 6.45) is 4.80. The highest BCUT2D eigenvalue weighted by molar-refractivity contribution is 5.58. The molecule has 3 aromatic rings. The lowest BCUT2D eigenvalue weighted by atomic mass is 10.1. The first kappa shape index (κ1) is 14.8. The molecule has 1 aromatic carbocycles. The monoisotopic (exact) mass is 320 g/mol. The second-order valence-corrected chi connectivity index (χ2v) is 6.24. The third-order valence-corrected chi connectivity index (χ3v) is 4.33. The molecule has 3 heterocycles. The number of aryl methyl sites for hydroxylation is 1. The summed E-state index contributed by atoms with van der Waals surface area (Å²) in [5.74, 6) is 1.73. The number of nitrogens with one attached hydrogen (secondary N) is 1. The molecule has 0 fully saturated rings. The Kier molecular flexibility index (Phi) is 3.74. The van der Waals surface area contributed by atoms with Gasteiger partial charge >= 0.3 is 0 Å². The molecule has 122 valence electrons. The van der Waals surface area contributed by atoms with Crippen LogP contribution in [0.15, 0.2) is 36.7 Å². The molecule has 0 radical (unpaired) electrons. The predicted molar refractivity (Wildman–Crippen MR) is 93.0 cm³/mol. The van der Waals surface area contributed by atoms with Crippen molar-refractivity contribution in [2.24, 2.45) is 0 Å². The van der Waals surface area contributed by atoms with E-state index in [-0.39, 0.29) is 0 Å². The Balaban J connectivity index is 1.52. The molecular formula is C18H20N6. The van der Waals surface area contributed by atoms with Gasteiger partial charge in [-0.2, -0.15) is 0 Å². The zero-order chi connectivity index (χ0) is 16.5. The second-order valence-electron chi connectivity index (χ2n) is 6.24. The van der Waals surface area contributed by atoms with E-state index < -0.39 is 0 Å². The number of H-pyrrole nitrogens is 1. The van der Waals surface area contributed by atoms with Gasteiger partial charge in [0.25, 0.3) is 0 Å². The van der Waals surface area contributed by atoms with E-state index in [0.29, 0.717) is 0 Å². The number of fused-ring (bicyclic) bond motifs is 1. The molecule has 0 saturated carbocycles. The molecule has 0 saturated heterocycles. The number of nitrogens with zero attached hydrogens (tertiary/aromatic N) is 4. The highest BCUT2D eigenvalue weighted by atomic mass is 15.1. The van der Waals surface area contributed by atoms with Crippen LogP contribution < -0.4 is 5.73 Å². The van der Waals surface area contributed by atoms with E-state index in [1.165, 1.54) is 5.56 Å². The SMILES string of the molecule is Cc1ncc(CN2CCc3nc(-c4ccc(N)cc4)ncc3C2)[nH]1. The number of nitrogen functional groups attached to an aromatic ring is 1. The molecule has 1 aliphatic heterocycles. The molecule has 0 bridgehead atoms. The van der Waals surface area contributed by atoms with Gasteiger partial charge in [-0.1, -0.05) is 0 Å². The number of hydrogen-bond acceptors (Lipinski definition) is 5. The molecule has 0 unspecified atom stereocenters. The van der Waals surface area contributed by atoms with Crippen molar-refractivity contribution in [3.63, 3.8) is 0 Å². The second kappa shape index (κ2) is 6.05. The lowest BCUT2D eigenvalue weighted by Crippen LogP contribution is -2.31. The zero-order valence-electron chi connectivity index (χ0n) is 13.7. The van der Waals surface area contributed by atoms with Crippen LogP contribution in [0.1, 0.15) is 22.8 Å². The molecule has 0 aliphatic carbocycles. The Morgan fingerprint density at radius 3 is 2.75 bits per heavy atom. The van der Waals surface area contributed by atoms with Crippen LogP contribution in [0.4, 0.5) is 5.69 Å². The fraction of sp³-hybridized carbons (Fsp3) is 0.278. The van der Waals surface area contributed by atoms with Crippen molar-refractivity contribution in [2.75, 3.05) is 12.3 Å². The minimum atomic E-state index is 0.751. The zero-order valence-corrected chi connectivity index (χ0v) is 13.7. The lowest BCUT2D eigenvalue weighted by Gasteiger charge is -2.27. The average Bonchev–Trinajstić information content (AvgIpc) is 3.00. The Labute approximate surface area is 140 Å². The summed E-state index contributed by atoms with van der Waals surface area (Å²) in [7, 11) is 0. The molecule has 2 aromatic heterocycles. The largest absolute Gasteiger partial charge is 0.399 e. The Hall–Kier alpha value is -2.73. The van der Waals surface area contributed by atoms with Gasteiger partial charge in [0.1, 0.15) is 5.82 Å². The Morgan fingerprint density at radius 2 is 2.00 bits per heavy atom. The maximum absolute atomic E-state index is 5.74. The Morgan fingerprint density at radius 1 is 1.17 bits per heavy atom. The molecule has 0 spiro atoms. The van der Waals surface area contributed by atoms with Crippen molar-refractivity contribution in [2.45, 2.75) is 26.4 Å². The van der Waals surface area contributed by atoms with Crippen LogP contribution in [0.25, 0.3) is 11.4 Å². The van der Waals surface area contributed by atoms with E-state index in [0.717, 1.165) is 60.3 Å². The van der Waals surface area contributed by atoms with Crippen LogP contribution in [-0.4, -0.2) is 31.4 Å². The smallest absolute Gasteiger partial charge is 0.159 e. The predicted octanol–water partition coefficient (Wildman–Crippen LogP) is 2.32. The van der Waals surface area contributed by atoms with Gasteiger partial charge in [-0.3, -0.25) is 4.90 Å². The van der Waals surface area contributed by atoms with Crippen LogP contribution in [0.5, 0.6) is 0 Å². The van der Waals surface area contributed by atoms with Gasteiger partial charge in [0, 0.05) is 61.0 Å². The summed E-state index contributed by atoms with van der Waals surface area (Å²) in [5, 5.41) is 0. The van der Waals surface area contributed by atoms with E-state index in [2.05, 4.69) is 19.9 Å². The first-order valence-corrected chi connectivity index (χ1v) is 8.11. The maximum Gasteiger partial charge on any atom is 0.159 e. The molecule has 1 aliphatic rings. The summed E-state index contributed by atoms with van der Waals surface area (Å²) in [4.78, 5) is 19.2. The van der Waals surface area contributed by atoms with Gasteiger partial charge in [0.05, 0.1) is 5.69 Å². The summed E-state index contributed by atoms with van der Waals surface area (Å²) in [6, 6.07) is 7.69. The van der Waals surface area contributed by atoms with Gasteiger partial charge in [0.15, 0.2) is 5.82 Å².